The number of unbranched alkanes of at least 4 members (excludes halogenated alkanes) is 1. The van der Waals surface area contributed by atoms with E-state index in [1.165, 1.54) is 18.2 Å². The summed E-state index contributed by atoms with van der Waals surface area (Å²) in [6.45, 7) is 2.64. The largest absolute Gasteiger partial charge is 0.338 e. The predicted molar refractivity (Wildman–Crippen MR) is 72.7 cm³/mol. The number of nitrogens with zero attached hydrogens (tertiary/aromatic N) is 1. The first kappa shape index (κ1) is 14.4. The lowest BCUT2D eigenvalue weighted by atomic mass is 10.3. The first-order valence-corrected chi connectivity index (χ1v) is 6.32. The van der Waals surface area contributed by atoms with Gasteiger partial charge >= 0.3 is 6.03 Å². The molecule has 1 aromatic carbocycles. The quantitative estimate of drug-likeness (QED) is 0.497. The van der Waals surface area contributed by atoms with Gasteiger partial charge in [0.1, 0.15) is 0 Å². The Morgan fingerprint density at radius 3 is 2.78 bits per heavy atom. The third-order valence-electron chi connectivity index (χ3n) is 2.23. The van der Waals surface area contributed by atoms with Crippen molar-refractivity contribution >= 4 is 33.3 Å². The van der Waals surface area contributed by atoms with Crippen LogP contribution in [0, 0.1) is 10.1 Å². The Morgan fingerprint density at radius 2 is 2.22 bits per heavy atom. The van der Waals surface area contributed by atoms with Crippen molar-refractivity contribution in [2.24, 2.45) is 0 Å². The second kappa shape index (κ2) is 6.95. The van der Waals surface area contributed by atoms with Gasteiger partial charge in [0, 0.05) is 23.2 Å². The van der Waals surface area contributed by atoms with Crippen LogP contribution in [0.3, 0.4) is 0 Å². The van der Waals surface area contributed by atoms with Crippen LogP contribution >= 0.6 is 15.9 Å². The van der Waals surface area contributed by atoms with E-state index in [4.69, 9.17) is 0 Å². The van der Waals surface area contributed by atoms with Crippen LogP contribution in [0.25, 0.3) is 0 Å². The van der Waals surface area contributed by atoms with Gasteiger partial charge in [0.05, 0.1) is 10.6 Å². The number of carbonyl (C=O) groups excluding carboxylic acids is 1. The van der Waals surface area contributed by atoms with Crippen molar-refractivity contribution in [1.29, 1.82) is 0 Å². The number of rotatable bonds is 5. The number of nitrogens with one attached hydrogen (secondary N) is 2. The lowest BCUT2D eigenvalue weighted by molar-refractivity contribution is -0.384. The highest BCUT2D eigenvalue weighted by molar-refractivity contribution is 9.10. The van der Waals surface area contributed by atoms with Gasteiger partial charge in [0.15, 0.2) is 0 Å². The van der Waals surface area contributed by atoms with Gasteiger partial charge in [0.25, 0.3) is 5.69 Å². The van der Waals surface area contributed by atoms with Crippen molar-refractivity contribution < 1.29 is 9.72 Å². The van der Waals surface area contributed by atoms with E-state index in [0.29, 0.717) is 16.7 Å². The van der Waals surface area contributed by atoms with Crippen LogP contribution in [-0.4, -0.2) is 17.5 Å². The molecule has 1 aromatic rings. The van der Waals surface area contributed by atoms with E-state index in [2.05, 4.69) is 26.6 Å². The minimum Gasteiger partial charge on any atom is -0.338 e. The van der Waals surface area contributed by atoms with Crippen LogP contribution in [0.2, 0.25) is 0 Å². The molecule has 6 nitrogen and oxygen atoms in total. The Kier molecular flexibility index (Phi) is 5.57. The molecule has 18 heavy (non-hydrogen) atoms. The molecule has 0 unspecified atom stereocenters. The van der Waals surface area contributed by atoms with Crippen molar-refractivity contribution in [3.05, 3.63) is 32.8 Å². The van der Waals surface area contributed by atoms with E-state index in [1.807, 2.05) is 6.92 Å². The van der Waals surface area contributed by atoms with Crippen molar-refractivity contribution in [3.63, 3.8) is 0 Å². The van der Waals surface area contributed by atoms with Crippen LogP contribution in [0.4, 0.5) is 16.2 Å². The average molecular weight is 316 g/mol. The van der Waals surface area contributed by atoms with E-state index in [9.17, 15) is 14.9 Å². The SMILES string of the molecule is CCCCNC(=O)Nc1ccc([N+](=O)[O-])cc1Br. The second-order valence-electron chi connectivity index (χ2n) is 3.66. The van der Waals surface area contributed by atoms with Gasteiger partial charge in [-0.05, 0) is 28.4 Å². The molecule has 0 spiro atoms. The van der Waals surface area contributed by atoms with Crippen molar-refractivity contribution in [3.8, 4) is 0 Å². The van der Waals surface area contributed by atoms with E-state index >= 15 is 0 Å². The summed E-state index contributed by atoms with van der Waals surface area (Å²) in [6.07, 6.45) is 1.91. The standard InChI is InChI=1S/C11H14BrN3O3/c1-2-3-6-13-11(16)14-10-5-4-8(15(17)18)7-9(10)12/h4-5,7H,2-3,6H2,1H3,(H2,13,14,16). The molecule has 0 heterocycles. The topological polar surface area (TPSA) is 84.3 Å². The Bertz CT molecular complexity index is 451. The van der Waals surface area contributed by atoms with Crippen LogP contribution in [0.1, 0.15) is 19.8 Å². The van der Waals surface area contributed by atoms with Crippen LogP contribution in [0.15, 0.2) is 22.7 Å². The van der Waals surface area contributed by atoms with Crippen LogP contribution < -0.4 is 10.6 Å². The van der Waals surface area contributed by atoms with Crippen molar-refractivity contribution in [2.45, 2.75) is 19.8 Å². The maximum atomic E-state index is 11.5. The summed E-state index contributed by atoms with van der Waals surface area (Å²) in [4.78, 5) is 21.5. The van der Waals surface area contributed by atoms with E-state index < -0.39 is 4.92 Å². The van der Waals surface area contributed by atoms with Crippen LogP contribution in [-0.2, 0) is 0 Å². The average Bonchev–Trinajstić information content (AvgIpc) is 2.32. The zero-order chi connectivity index (χ0) is 13.5. The molecule has 0 aliphatic carbocycles. The van der Waals surface area contributed by atoms with Gasteiger partial charge in [-0.2, -0.15) is 0 Å². The first-order valence-electron chi connectivity index (χ1n) is 5.53. The number of non-ortho nitro benzene ring substituents is 1. The number of hydrogen-bond donors (Lipinski definition) is 2. The fourth-order valence-electron chi connectivity index (χ4n) is 1.26. The number of urea groups is 1. The highest BCUT2D eigenvalue weighted by Gasteiger charge is 2.10. The molecule has 0 fully saturated rings. The first-order chi connectivity index (χ1) is 8.54. The number of amides is 2. The summed E-state index contributed by atoms with van der Waals surface area (Å²) in [5.74, 6) is 0. The Balaban J connectivity index is 2.62. The zero-order valence-corrected chi connectivity index (χ0v) is 11.5. The second-order valence-corrected chi connectivity index (χ2v) is 4.51. The van der Waals surface area contributed by atoms with Crippen molar-refractivity contribution in [2.75, 3.05) is 11.9 Å². The molecular weight excluding hydrogens is 302 g/mol. The van der Waals surface area contributed by atoms with Gasteiger partial charge < -0.3 is 10.6 Å². The monoisotopic (exact) mass is 315 g/mol. The zero-order valence-electron chi connectivity index (χ0n) is 9.90. The summed E-state index contributed by atoms with van der Waals surface area (Å²) < 4.78 is 0.474. The smallest absolute Gasteiger partial charge is 0.319 e. The molecule has 2 amide bonds. The molecule has 98 valence electrons. The lowest BCUT2D eigenvalue weighted by Gasteiger charge is -2.08. The molecule has 0 saturated carbocycles. The number of anilines is 1. The molecule has 2 N–H and O–H groups in total. The number of carbonyl (C=O) groups is 1. The third-order valence-corrected chi connectivity index (χ3v) is 2.88. The van der Waals surface area contributed by atoms with Crippen molar-refractivity contribution in [1.82, 2.24) is 5.32 Å². The Morgan fingerprint density at radius 1 is 1.50 bits per heavy atom. The molecule has 1 rings (SSSR count). The van der Waals surface area contributed by atoms with E-state index in [-0.39, 0.29) is 11.7 Å². The molecule has 0 aliphatic heterocycles. The minimum absolute atomic E-state index is 0.0289. The van der Waals surface area contributed by atoms with E-state index in [1.54, 1.807) is 0 Å². The van der Waals surface area contributed by atoms with E-state index in [0.717, 1.165) is 12.8 Å². The molecule has 0 aromatic heterocycles. The number of hydrogen-bond acceptors (Lipinski definition) is 3. The maximum Gasteiger partial charge on any atom is 0.319 e. The highest BCUT2D eigenvalue weighted by atomic mass is 79.9. The van der Waals surface area contributed by atoms with Gasteiger partial charge in [-0.15, -0.1) is 0 Å². The summed E-state index contributed by atoms with van der Waals surface area (Å²) in [5.41, 5.74) is 0.466. The molecule has 0 atom stereocenters. The highest BCUT2D eigenvalue weighted by Crippen LogP contribution is 2.26. The van der Waals surface area contributed by atoms with Gasteiger partial charge in [-0.1, -0.05) is 13.3 Å². The molecule has 0 radical (unpaired) electrons. The Hall–Kier alpha value is -1.63. The number of halogens is 1. The predicted octanol–water partition coefficient (Wildman–Crippen LogP) is 3.28. The minimum atomic E-state index is -0.490. The fraction of sp³-hybridized carbons (Fsp3) is 0.364. The molecule has 7 heteroatoms. The number of nitro benzene ring substituents is 1. The molecular formula is C11H14BrN3O3. The summed E-state index contributed by atoms with van der Waals surface area (Å²) in [7, 11) is 0. The van der Waals surface area contributed by atoms with Gasteiger partial charge in [0.2, 0.25) is 0 Å². The summed E-state index contributed by atoms with van der Waals surface area (Å²) >= 11 is 3.18. The summed E-state index contributed by atoms with van der Waals surface area (Å²) in [6, 6.07) is 3.85. The molecule has 0 saturated heterocycles. The third kappa shape index (κ3) is 4.33. The Labute approximate surface area is 113 Å². The van der Waals surface area contributed by atoms with Gasteiger partial charge in [-0.3, -0.25) is 10.1 Å². The molecule has 0 bridgehead atoms. The summed E-state index contributed by atoms with van der Waals surface area (Å²) in [5, 5.41) is 15.9. The fourth-order valence-corrected chi connectivity index (χ4v) is 1.73. The normalized spacial score (nSPS) is 9.89. The number of nitro groups is 1. The molecule has 0 aliphatic rings. The van der Waals surface area contributed by atoms with Crippen LogP contribution in [0.5, 0.6) is 0 Å². The lowest BCUT2D eigenvalue weighted by Crippen LogP contribution is -2.29. The van der Waals surface area contributed by atoms with Gasteiger partial charge in [-0.25, -0.2) is 4.79 Å². The maximum absolute atomic E-state index is 11.5. The number of benzene rings is 1.